The Balaban J connectivity index is 2.14. The van der Waals surface area contributed by atoms with Crippen molar-refractivity contribution in [2.45, 2.75) is 32.6 Å². The molecule has 0 fully saturated rings. The Morgan fingerprint density at radius 1 is 1.22 bits per heavy atom. The third-order valence-corrected chi connectivity index (χ3v) is 3.71. The van der Waals surface area contributed by atoms with E-state index in [1.807, 2.05) is 42.7 Å². The highest BCUT2D eigenvalue weighted by Gasteiger charge is 2.12. The van der Waals surface area contributed by atoms with Crippen molar-refractivity contribution in [2.75, 3.05) is 19.8 Å². The predicted molar refractivity (Wildman–Crippen MR) is 83.3 cm³/mol. The van der Waals surface area contributed by atoms with Gasteiger partial charge in [-0.1, -0.05) is 30.3 Å². The fourth-order valence-electron chi connectivity index (χ4n) is 1.74. The molecule has 1 atom stereocenters. The third kappa shape index (κ3) is 10.2. The van der Waals surface area contributed by atoms with Gasteiger partial charge in [0.1, 0.15) is 0 Å². The maximum atomic E-state index is 11.5. The number of unbranched alkanes of at least 4 members (excludes halogenated alkanes) is 1. The Bertz CT molecular complexity index is 496. The molecule has 0 radical (unpaired) electrons. The van der Waals surface area contributed by atoms with E-state index in [1.165, 1.54) is 0 Å². The SMILES string of the molecule is CCOCCCCC(=O)NOP(=O)([O-])OCCc1ccccc1. The molecule has 0 aliphatic rings. The Morgan fingerprint density at radius 3 is 2.65 bits per heavy atom. The van der Waals surface area contributed by atoms with E-state index in [9.17, 15) is 14.3 Å². The van der Waals surface area contributed by atoms with Crippen molar-refractivity contribution in [1.82, 2.24) is 5.48 Å². The van der Waals surface area contributed by atoms with Crippen molar-refractivity contribution >= 4 is 13.7 Å². The lowest BCUT2D eigenvalue weighted by Gasteiger charge is -2.22. The molecule has 0 aliphatic carbocycles. The molecule has 1 aromatic carbocycles. The minimum atomic E-state index is -4.54. The van der Waals surface area contributed by atoms with Gasteiger partial charge >= 0.3 is 0 Å². The molecule has 1 rings (SSSR count). The smallest absolute Gasteiger partial charge is 0.290 e. The van der Waals surface area contributed by atoms with Crippen molar-refractivity contribution in [3.8, 4) is 0 Å². The molecule has 1 unspecified atom stereocenters. The van der Waals surface area contributed by atoms with Crippen LogP contribution < -0.4 is 10.4 Å². The van der Waals surface area contributed by atoms with Crippen LogP contribution in [-0.4, -0.2) is 25.7 Å². The highest BCUT2D eigenvalue weighted by molar-refractivity contribution is 7.45. The van der Waals surface area contributed by atoms with Gasteiger partial charge in [0.2, 0.25) is 5.91 Å². The molecule has 0 aliphatic heterocycles. The minimum Gasteiger partial charge on any atom is -0.755 e. The number of amides is 1. The van der Waals surface area contributed by atoms with Crippen molar-refractivity contribution in [2.24, 2.45) is 0 Å². The van der Waals surface area contributed by atoms with E-state index in [4.69, 9.17) is 4.74 Å². The van der Waals surface area contributed by atoms with E-state index in [0.717, 1.165) is 12.0 Å². The molecule has 7 nitrogen and oxygen atoms in total. The van der Waals surface area contributed by atoms with Crippen LogP contribution in [0.25, 0.3) is 0 Å². The zero-order valence-electron chi connectivity index (χ0n) is 13.2. The van der Waals surface area contributed by atoms with Gasteiger partial charge in [0.25, 0.3) is 7.82 Å². The second-order valence-corrected chi connectivity index (χ2v) is 6.12. The fourth-order valence-corrected chi connectivity index (χ4v) is 2.32. The Morgan fingerprint density at radius 2 is 1.96 bits per heavy atom. The Labute approximate surface area is 136 Å². The maximum Gasteiger partial charge on any atom is 0.290 e. The standard InChI is InChI=1S/C15H24NO6P/c1-2-20-12-7-6-10-15(17)16-22-23(18,19)21-13-11-14-8-4-3-5-9-14/h3-5,8-9H,2,6-7,10-13H2,1H3,(H,16,17)(H,18,19)/p-1. The molecule has 1 aromatic rings. The van der Waals surface area contributed by atoms with Crippen LogP contribution in [0.5, 0.6) is 0 Å². The lowest BCUT2D eigenvalue weighted by Crippen LogP contribution is -2.25. The largest absolute Gasteiger partial charge is 0.755 e. The Kier molecular flexibility index (Phi) is 9.75. The average molecular weight is 344 g/mol. The normalized spacial score (nSPS) is 13.5. The van der Waals surface area contributed by atoms with E-state index in [2.05, 4.69) is 9.15 Å². The molecule has 130 valence electrons. The van der Waals surface area contributed by atoms with Gasteiger partial charge in [-0.2, -0.15) is 0 Å². The lowest BCUT2D eigenvalue weighted by molar-refractivity contribution is -0.231. The molecule has 0 bridgehead atoms. The zero-order chi connectivity index (χ0) is 17.0. The van der Waals surface area contributed by atoms with Crippen LogP contribution in [0.1, 0.15) is 31.7 Å². The van der Waals surface area contributed by atoms with Crippen LogP contribution in [-0.2, 0) is 29.7 Å². The van der Waals surface area contributed by atoms with Crippen molar-refractivity contribution in [1.29, 1.82) is 0 Å². The summed E-state index contributed by atoms with van der Waals surface area (Å²) in [4.78, 5) is 22.9. The fraction of sp³-hybridized carbons (Fsp3) is 0.533. The van der Waals surface area contributed by atoms with Gasteiger partial charge in [0, 0.05) is 19.6 Å². The van der Waals surface area contributed by atoms with E-state index in [1.54, 1.807) is 0 Å². The van der Waals surface area contributed by atoms with E-state index in [-0.39, 0.29) is 13.0 Å². The highest BCUT2D eigenvalue weighted by Crippen LogP contribution is 2.36. The van der Waals surface area contributed by atoms with Gasteiger partial charge in [-0.15, -0.1) is 0 Å². The summed E-state index contributed by atoms with van der Waals surface area (Å²) in [7, 11) is -4.54. The van der Waals surface area contributed by atoms with Crippen LogP contribution in [0.15, 0.2) is 30.3 Å². The molecule has 1 amide bonds. The molecule has 0 saturated carbocycles. The summed E-state index contributed by atoms with van der Waals surface area (Å²) in [5, 5.41) is 0. The summed E-state index contributed by atoms with van der Waals surface area (Å²) in [6.45, 7) is 3.06. The number of hydrogen-bond donors (Lipinski definition) is 1. The van der Waals surface area contributed by atoms with Gasteiger partial charge in [-0.25, -0.2) is 10.1 Å². The average Bonchev–Trinajstić information content (AvgIpc) is 2.54. The monoisotopic (exact) mass is 344 g/mol. The lowest BCUT2D eigenvalue weighted by atomic mass is 10.2. The number of carbonyl (C=O) groups excluding carboxylic acids is 1. The van der Waals surface area contributed by atoms with Gasteiger partial charge in [0.05, 0.1) is 6.61 Å². The zero-order valence-corrected chi connectivity index (χ0v) is 14.1. The highest BCUT2D eigenvalue weighted by atomic mass is 31.2. The molecule has 0 spiro atoms. The number of hydrogen-bond acceptors (Lipinski definition) is 6. The van der Waals surface area contributed by atoms with Crippen molar-refractivity contribution in [3.63, 3.8) is 0 Å². The first-order valence-electron chi connectivity index (χ1n) is 7.58. The number of carbonyl (C=O) groups is 1. The first-order chi connectivity index (χ1) is 11.0. The molecule has 0 heterocycles. The van der Waals surface area contributed by atoms with Crippen LogP contribution in [0.4, 0.5) is 0 Å². The minimum absolute atomic E-state index is 0.0466. The molecular weight excluding hydrogens is 321 g/mol. The quantitative estimate of drug-likeness (QED) is 0.354. The molecular formula is C15H23NO6P-. The van der Waals surface area contributed by atoms with Gasteiger partial charge in [-0.05, 0) is 31.7 Å². The molecule has 0 saturated heterocycles. The first kappa shape index (κ1) is 19.8. The summed E-state index contributed by atoms with van der Waals surface area (Å²) >= 11 is 0. The van der Waals surface area contributed by atoms with Crippen LogP contribution in [0.2, 0.25) is 0 Å². The van der Waals surface area contributed by atoms with E-state index < -0.39 is 13.7 Å². The Hall–Kier alpha value is -1.24. The summed E-state index contributed by atoms with van der Waals surface area (Å²) in [6, 6.07) is 9.31. The van der Waals surface area contributed by atoms with Crippen molar-refractivity contribution < 1.29 is 28.1 Å². The third-order valence-electron chi connectivity index (χ3n) is 2.90. The predicted octanol–water partition coefficient (Wildman–Crippen LogP) is 1.97. The van der Waals surface area contributed by atoms with E-state index in [0.29, 0.717) is 26.1 Å². The number of rotatable bonds is 12. The van der Waals surface area contributed by atoms with Crippen molar-refractivity contribution in [3.05, 3.63) is 35.9 Å². The summed E-state index contributed by atoms with van der Waals surface area (Å²) in [6.07, 6.45) is 1.91. The molecule has 23 heavy (non-hydrogen) atoms. The van der Waals surface area contributed by atoms with Gasteiger partial charge in [0.15, 0.2) is 0 Å². The summed E-state index contributed by atoms with van der Waals surface area (Å²) < 4.78 is 25.7. The summed E-state index contributed by atoms with van der Waals surface area (Å²) in [5.74, 6) is -0.510. The molecule has 1 N–H and O–H groups in total. The van der Waals surface area contributed by atoms with Crippen LogP contribution in [0.3, 0.4) is 0 Å². The number of nitrogens with one attached hydrogen (secondary N) is 1. The first-order valence-corrected chi connectivity index (χ1v) is 9.04. The van der Waals surface area contributed by atoms with Crippen LogP contribution in [0, 0.1) is 0 Å². The van der Waals surface area contributed by atoms with Crippen LogP contribution >= 0.6 is 7.82 Å². The summed E-state index contributed by atoms with van der Waals surface area (Å²) in [5.41, 5.74) is 2.83. The van der Waals surface area contributed by atoms with Gasteiger partial charge in [-0.3, -0.25) is 9.36 Å². The number of ether oxygens (including phenoxy) is 1. The molecule has 0 aromatic heterocycles. The number of hydroxylamine groups is 1. The second kappa shape index (κ2) is 11.3. The number of benzene rings is 1. The van der Waals surface area contributed by atoms with Gasteiger partial charge < -0.3 is 14.2 Å². The second-order valence-electron chi connectivity index (χ2n) is 4.79. The maximum absolute atomic E-state index is 11.5. The topological polar surface area (TPSA) is 96.9 Å². The molecule has 8 heteroatoms. The number of phosphoric ester groups is 1. The van der Waals surface area contributed by atoms with E-state index >= 15 is 0 Å². The number of phosphoric acid groups is 1.